The van der Waals surface area contributed by atoms with Gasteiger partial charge in [-0.15, -0.1) is 0 Å². The summed E-state index contributed by atoms with van der Waals surface area (Å²) in [7, 11) is 1.61. The van der Waals surface area contributed by atoms with E-state index in [1.165, 1.54) is 4.57 Å². The van der Waals surface area contributed by atoms with Gasteiger partial charge in [-0.1, -0.05) is 12.1 Å². The Bertz CT molecular complexity index is 709. The third-order valence-electron chi connectivity index (χ3n) is 2.81. The van der Waals surface area contributed by atoms with E-state index in [9.17, 15) is 9.90 Å². The molecule has 2 aromatic rings. The molecule has 0 atom stereocenters. The standard InChI is InChI=1S/C14H12N2O2/c1-9-8-16(2)14(18)12(7-15)13(9)10-4-3-5-11(17)6-10/h3-6,8,17H,1-2H3. The molecule has 0 radical (unpaired) electrons. The normalized spacial score (nSPS) is 10.1. The second-order valence-corrected chi connectivity index (χ2v) is 4.14. The highest BCUT2D eigenvalue weighted by atomic mass is 16.3. The van der Waals surface area contributed by atoms with Gasteiger partial charge < -0.3 is 9.67 Å². The molecule has 1 N–H and O–H groups in total. The van der Waals surface area contributed by atoms with E-state index in [1.54, 1.807) is 37.5 Å². The zero-order chi connectivity index (χ0) is 13.3. The van der Waals surface area contributed by atoms with Gasteiger partial charge in [-0.05, 0) is 30.2 Å². The summed E-state index contributed by atoms with van der Waals surface area (Å²) >= 11 is 0. The first-order chi connectivity index (χ1) is 8.54. The Morgan fingerprint density at radius 2 is 2.11 bits per heavy atom. The fraction of sp³-hybridized carbons (Fsp3) is 0.143. The molecule has 0 bridgehead atoms. The van der Waals surface area contributed by atoms with Crippen molar-refractivity contribution in [2.45, 2.75) is 6.92 Å². The van der Waals surface area contributed by atoms with Crippen LogP contribution < -0.4 is 5.56 Å². The first-order valence-electron chi connectivity index (χ1n) is 5.44. The van der Waals surface area contributed by atoms with E-state index >= 15 is 0 Å². The predicted octanol–water partition coefficient (Wildman–Crippen LogP) is 1.94. The third kappa shape index (κ3) is 1.87. The van der Waals surface area contributed by atoms with Crippen molar-refractivity contribution in [2.24, 2.45) is 7.05 Å². The summed E-state index contributed by atoms with van der Waals surface area (Å²) in [5.74, 6) is 0.108. The van der Waals surface area contributed by atoms with Crippen LogP contribution in [0.1, 0.15) is 11.1 Å². The number of phenols is 1. The molecular formula is C14H12N2O2. The highest BCUT2D eigenvalue weighted by Crippen LogP contribution is 2.27. The van der Waals surface area contributed by atoms with Gasteiger partial charge >= 0.3 is 0 Å². The Labute approximate surface area is 104 Å². The molecule has 2 rings (SSSR count). The van der Waals surface area contributed by atoms with E-state index in [2.05, 4.69) is 0 Å². The second-order valence-electron chi connectivity index (χ2n) is 4.14. The minimum atomic E-state index is -0.332. The van der Waals surface area contributed by atoms with Gasteiger partial charge in [0.05, 0.1) is 0 Å². The van der Waals surface area contributed by atoms with Crippen LogP contribution in [0.3, 0.4) is 0 Å². The summed E-state index contributed by atoms with van der Waals surface area (Å²) in [5, 5.41) is 18.6. The van der Waals surface area contributed by atoms with Crippen LogP contribution in [-0.2, 0) is 7.05 Å². The molecule has 1 aromatic carbocycles. The average molecular weight is 240 g/mol. The minimum Gasteiger partial charge on any atom is -0.508 e. The molecule has 90 valence electrons. The highest BCUT2D eigenvalue weighted by Gasteiger charge is 2.14. The zero-order valence-corrected chi connectivity index (χ0v) is 10.1. The molecule has 0 saturated heterocycles. The van der Waals surface area contributed by atoms with Gasteiger partial charge in [-0.3, -0.25) is 4.79 Å². The van der Waals surface area contributed by atoms with Crippen LogP contribution in [0, 0.1) is 18.3 Å². The van der Waals surface area contributed by atoms with Crippen molar-refractivity contribution in [3.8, 4) is 22.9 Å². The van der Waals surface area contributed by atoms with Crippen LogP contribution in [0.25, 0.3) is 11.1 Å². The largest absolute Gasteiger partial charge is 0.508 e. The maximum atomic E-state index is 11.9. The maximum Gasteiger partial charge on any atom is 0.268 e. The van der Waals surface area contributed by atoms with Crippen molar-refractivity contribution in [3.05, 3.63) is 51.9 Å². The number of nitriles is 1. The summed E-state index contributed by atoms with van der Waals surface area (Å²) in [6, 6.07) is 8.49. The van der Waals surface area contributed by atoms with Gasteiger partial charge in [0.2, 0.25) is 0 Å². The Kier molecular flexibility index (Phi) is 2.90. The summed E-state index contributed by atoms with van der Waals surface area (Å²) in [5.41, 5.74) is 1.84. The molecule has 1 heterocycles. The van der Waals surface area contributed by atoms with E-state index in [4.69, 9.17) is 5.26 Å². The zero-order valence-electron chi connectivity index (χ0n) is 10.1. The fourth-order valence-electron chi connectivity index (χ4n) is 2.03. The average Bonchev–Trinajstić information content (AvgIpc) is 2.33. The smallest absolute Gasteiger partial charge is 0.268 e. The number of benzene rings is 1. The molecule has 0 saturated carbocycles. The molecule has 0 aliphatic heterocycles. The predicted molar refractivity (Wildman–Crippen MR) is 68.2 cm³/mol. The molecule has 0 aliphatic carbocycles. The summed E-state index contributed by atoms with van der Waals surface area (Å²) in [6.45, 7) is 1.83. The number of hydrogen-bond donors (Lipinski definition) is 1. The van der Waals surface area contributed by atoms with Gasteiger partial charge in [0, 0.05) is 18.8 Å². The molecular weight excluding hydrogens is 228 g/mol. The Balaban J connectivity index is 2.84. The first-order valence-corrected chi connectivity index (χ1v) is 5.44. The minimum absolute atomic E-state index is 0.100. The number of aromatic nitrogens is 1. The molecule has 0 unspecified atom stereocenters. The number of hydrogen-bond acceptors (Lipinski definition) is 3. The van der Waals surface area contributed by atoms with Gasteiger partial charge in [0.15, 0.2) is 0 Å². The van der Waals surface area contributed by atoms with E-state index in [0.717, 1.165) is 5.56 Å². The lowest BCUT2D eigenvalue weighted by Crippen LogP contribution is -2.20. The van der Waals surface area contributed by atoms with Gasteiger partial charge in [-0.2, -0.15) is 5.26 Å². The van der Waals surface area contributed by atoms with Crippen LogP contribution in [0.4, 0.5) is 0 Å². The lowest BCUT2D eigenvalue weighted by Gasteiger charge is -2.10. The van der Waals surface area contributed by atoms with Crippen LogP contribution in [0.15, 0.2) is 35.3 Å². The molecule has 4 heteroatoms. The second kappa shape index (κ2) is 4.38. The summed E-state index contributed by atoms with van der Waals surface area (Å²) < 4.78 is 1.39. The SMILES string of the molecule is Cc1cn(C)c(=O)c(C#N)c1-c1cccc(O)c1. The Morgan fingerprint density at radius 3 is 2.72 bits per heavy atom. The summed E-state index contributed by atoms with van der Waals surface area (Å²) in [4.78, 5) is 11.9. The number of pyridine rings is 1. The van der Waals surface area contributed by atoms with Crippen molar-refractivity contribution in [3.63, 3.8) is 0 Å². The van der Waals surface area contributed by atoms with Crippen molar-refractivity contribution < 1.29 is 5.11 Å². The van der Waals surface area contributed by atoms with Crippen molar-refractivity contribution in [2.75, 3.05) is 0 Å². The van der Waals surface area contributed by atoms with Gasteiger partial charge in [0.1, 0.15) is 17.4 Å². The molecule has 4 nitrogen and oxygen atoms in total. The first kappa shape index (κ1) is 11.9. The lowest BCUT2D eigenvalue weighted by atomic mass is 9.97. The molecule has 1 aromatic heterocycles. The van der Waals surface area contributed by atoms with Crippen molar-refractivity contribution >= 4 is 0 Å². The number of aryl methyl sites for hydroxylation is 2. The maximum absolute atomic E-state index is 11.9. The Morgan fingerprint density at radius 1 is 1.39 bits per heavy atom. The quantitative estimate of drug-likeness (QED) is 0.828. The molecule has 0 spiro atoms. The number of nitrogens with zero attached hydrogens (tertiary/aromatic N) is 2. The van der Waals surface area contributed by atoms with E-state index in [-0.39, 0.29) is 16.9 Å². The number of phenolic OH excluding ortho intramolecular Hbond substituents is 1. The molecule has 0 aliphatic rings. The third-order valence-corrected chi connectivity index (χ3v) is 2.81. The van der Waals surface area contributed by atoms with Crippen molar-refractivity contribution in [1.29, 1.82) is 5.26 Å². The topological polar surface area (TPSA) is 66.0 Å². The van der Waals surface area contributed by atoms with Crippen LogP contribution in [0.5, 0.6) is 5.75 Å². The number of rotatable bonds is 1. The number of aromatic hydroxyl groups is 1. The van der Waals surface area contributed by atoms with E-state index in [1.807, 2.05) is 13.0 Å². The van der Waals surface area contributed by atoms with Gasteiger partial charge in [0.25, 0.3) is 5.56 Å². The van der Waals surface area contributed by atoms with E-state index < -0.39 is 0 Å². The Hall–Kier alpha value is -2.54. The monoisotopic (exact) mass is 240 g/mol. The van der Waals surface area contributed by atoms with Gasteiger partial charge in [-0.25, -0.2) is 0 Å². The van der Waals surface area contributed by atoms with Crippen LogP contribution in [-0.4, -0.2) is 9.67 Å². The molecule has 0 amide bonds. The molecule has 0 fully saturated rings. The highest BCUT2D eigenvalue weighted by molar-refractivity contribution is 5.73. The molecule has 18 heavy (non-hydrogen) atoms. The van der Waals surface area contributed by atoms with Crippen molar-refractivity contribution in [1.82, 2.24) is 4.57 Å². The fourth-order valence-corrected chi connectivity index (χ4v) is 2.03. The van der Waals surface area contributed by atoms with Crippen LogP contribution >= 0.6 is 0 Å². The lowest BCUT2D eigenvalue weighted by molar-refractivity contribution is 0.475. The van der Waals surface area contributed by atoms with E-state index in [0.29, 0.717) is 11.1 Å². The summed E-state index contributed by atoms with van der Waals surface area (Å²) in [6.07, 6.45) is 1.68. The van der Waals surface area contributed by atoms with Crippen LogP contribution in [0.2, 0.25) is 0 Å².